The molecular weight excluding hydrogens is 989 g/mol. The Balaban J connectivity index is 0.741. The van der Waals surface area contributed by atoms with Crippen molar-refractivity contribution in [3.05, 3.63) is 75.7 Å². The fourth-order valence-electron chi connectivity index (χ4n) is 10.4. The Labute approximate surface area is 440 Å². The number of nitrogens with one attached hydrogen (secondary N) is 1. The van der Waals surface area contributed by atoms with Crippen LogP contribution in [0, 0.1) is 23.1 Å². The molecule has 19 nitrogen and oxygen atoms in total. The lowest BCUT2D eigenvalue weighted by Gasteiger charge is -2.39. The number of halogens is 2. The lowest BCUT2D eigenvalue weighted by Crippen LogP contribution is -2.56. The summed E-state index contributed by atoms with van der Waals surface area (Å²) in [6.07, 6.45) is 7.35. The number of esters is 2. The van der Waals surface area contributed by atoms with Crippen molar-refractivity contribution >= 4 is 64.6 Å². The van der Waals surface area contributed by atoms with Crippen molar-refractivity contribution in [1.82, 2.24) is 30.2 Å². The molecule has 0 bridgehead atoms. The van der Waals surface area contributed by atoms with Crippen LogP contribution in [-0.4, -0.2) is 143 Å². The molecular formula is C54H65ClFN9O10. The Bertz CT molecular complexity index is 2670. The van der Waals surface area contributed by atoms with Gasteiger partial charge < -0.3 is 29.3 Å². The highest BCUT2D eigenvalue weighted by Gasteiger charge is 2.48. The van der Waals surface area contributed by atoms with Crippen LogP contribution in [0.25, 0.3) is 0 Å². The average molecular weight is 1050 g/mol. The number of hydrogen-bond donors (Lipinski definition) is 1. The van der Waals surface area contributed by atoms with E-state index in [1.807, 2.05) is 17.0 Å². The number of rotatable bonds is 18. The number of nitriles is 1. The molecule has 4 aliphatic heterocycles. The number of carbonyl (C=O) groups excluding carboxylic acids is 7. The van der Waals surface area contributed by atoms with Gasteiger partial charge in [-0.3, -0.25) is 43.4 Å². The number of piperazine rings is 1. The van der Waals surface area contributed by atoms with E-state index in [4.69, 9.17) is 31.1 Å². The summed E-state index contributed by atoms with van der Waals surface area (Å²) in [5.74, 6) is -3.10. The molecule has 1 atom stereocenters. The highest BCUT2D eigenvalue weighted by atomic mass is 35.5. The second kappa shape index (κ2) is 24.3. The number of likely N-dealkylation sites (tertiary alicyclic amines) is 1. The van der Waals surface area contributed by atoms with Crippen LogP contribution in [0.4, 0.5) is 15.9 Å². The average Bonchev–Trinajstić information content (AvgIpc) is 3.63. The summed E-state index contributed by atoms with van der Waals surface area (Å²) < 4.78 is 32.5. The van der Waals surface area contributed by atoms with E-state index in [0.29, 0.717) is 79.9 Å². The number of amides is 5. The lowest BCUT2D eigenvalue weighted by atomic mass is 9.93. The van der Waals surface area contributed by atoms with E-state index in [-0.39, 0.29) is 72.2 Å². The minimum absolute atomic E-state index is 0.00729. The summed E-state index contributed by atoms with van der Waals surface area (Å²) in [5.41, 5.74) is 0.122. The van der Waals surface area contributed by atoms with Crippen LogP contribution in [0.5, 0.6) is 5.75 Å². The van der Waals surface area contributed by atoms with Crippen LogP contribution in [-0.2, 0) is 28.7 Å². The number of piperidine rings is 2. The van der Waals surface area contributed by atoms with Crippen molar-refractivity contribution in [2.75, 3.05) is 62.3 Å². The third-order valence-corrected chi connectivity index (χ3v) is 14.8. The van der Waals surface area contributed by atoms with Crippen LogP contribution in [0.2, 0.25) is 5.02 Å². The first-order valence-electron chi connectivity index (χ1n) is 26.1. The second-order valence-corrected chi connectivity index (χ2v) is 21.4. The van der Waals surface area contributed by atoms with Crippen molar-refractivity contribution in [2.24, 2.45) is 5.92 Å². The first-order chi connectivity index (χ1) is 35.9. The minimum Gasteiger partial charge on any atom is -0.490 e. The third kappa shape index (κ3) is 13.8. The van der Waals surface area contributed by atoms with Crippen LogP contribution in [0.1, 0.15) is 147 Å². The van der Waals surface area contributed by atoms with Crippen LogP contribution in [0.15, 0.2) is 42.5 Å². The molecule has 0 spiro atoms. The molecule has 75 heavy (non-hydrogen) atoms. The van der Waals surface area contributed by atoms with Crippen molar-refractivity contribution in [3.8, 4) is 11.8 Å². The number of anilines is 2. The Morgan fingerprint density at radius 2 is 1.48 bits per heavy atom. The van der Waals surface area contributed by atoms with E-state index in [2.05, 4.69) is 25.3 Å². The Hall–Kier alpha value is -6.72. The molecule has 3 saturated heterocycles. The monoisotopic (exact) mass is 1050 g/mol. The second-order valence-electron chi connectivity index (χ2n) is 21.0. The zero-order valence-corrected chi connectivity index (χ0v) is 43.6. The highest BCUT2D eigenvalue weighted by Crippen LogP contribution is 2.35. The number of ether oxygens (including phenoxy) is 3. The largest absolute Gasteiger partial charge is 0.490 e. The predicted octanol–water partition coefficient (Wildman–Crippen LogP) is 6.60. The quantitative estimate of drug-likeness (QED) is 0.0805. The van der Waals surface area contributed by atoms with E-state index in [0.717, 1.165) is 74.0 Å². The van der Waals surface area contributed by atoms with Gasteiger partial charge in [-0.05, 0) is 121 Å². The van der Waals surface area contributed by atoms with Gasteiger partial charge in [0.15, 0.2) is 18.2 Å². The van der Waals surface area contributed by atoms with Crippen molar-refractivity contribution in [1.29, 1.82) is 5.26 Å². The van der Waals surface area contributed by atoms with Crippen LogP contribution in [0.3, 0.4) is 0 Å². The molecule has 5 aliphatic rings. The van der Waals surface area contributed by atoms with Crippen molar-refractivity contribution < 1.29 is 52.2 Å². The van der Waals surface area contributed by atoms with Gasteiger partial charge in [0.25, 0.3) is 23.6 Å². The van der Waals surface area contributed by atoms with E-state index in [9.17, 15) is 33.6 Å². The van der Waals surface area contributed by atoms with Gasteiger partial charge in [0.1, 0.15) is 29.3 Å². The van der Waals surface area contributed by atoms with Crippen molar-refractivity contribution in [2.45, 2.75) is 134 Å². The molecule has 8 rings (SSSR count). The Morgan fingerprint density at radius 1 is 0.800 bits per heavy atom. The van der Waals surface area contributed by atoms with Crippen LogP contribution < -0.4 is 19.9 Å². The molecule has 1 aliphatic carbocycles. The van der Waals surface area contributed by atoms with Gasteiger partial charge >= 0.3 is 11.9 Å². The molecule has 4 fully saturated rings. The molecule has 3 aromatic rings. The topological polar surface area (TPSA) is 225 Å². The standard InChI is InChI=1S/C54H65ClFN9O10/c1-54(2,3)75-49(68)9-7-5-4-6-8-48(67)73-33-64-47(66)19-17-44(53(64)72)65-51(70)39-29-42(56)45(30-40(39)52(65)71)62-26-24-61(25-27-62)32-34-20-22-63(23-21-34)46-18-16-43(59-60-46)50(69)58-36-11-14-37(15-12-36)74-38-13-10-35(31-57)41(55)28-38/h10,13,16,18,28-30,34,36-37,44H,4-9,11-12,14-15,17,19-27,32-33H2,1-3H3,(H,58,69). The number of carbonyl (C=O) groups is 7. The molecule has 5 amide bonds. The maximum Gasteiger partial charge on any atom is 0.307 e. The number of aromatic nitrogens is 2. The molecule has 1 aromatic heterocycles. The molecule has 1 saturated carbocycles. The predicted molar refractivity (Wildman–Crippen MR) is 272 cm³/mol. The van der Waals surface area contributed by atoms with Gasteiger partial charge in [-0.2, -0.15) is 5.26 Å². The van der Waals surface area contributed by atoms with Gasteiger partial charge in [0.2, 0.25) is 5.91 Å². The Morgan fingerprint density at radius 3 is 2.12 bits per heavy atom. The molecule has 0 radical (unpaired) electrons. The molecule has 1 N–H and O–H groups in total. The summed E-state index contributed by atoms with van der Waals surface area (Å²) in [4.78, 5) is 99.4. The number of benzene rings is 2. The van der Waals surface area contributed by atoms with E-state index in [1.54, 1.807) is 45.0 Å². The van der Waals surface area contributed by atoms with Gasteiger partial charge in [-0.15, -0.1) is 10.2 Å². The summed E-state index contributed by atoms with van der Waals surface area (Å²) in [5, 5.41) is 21.2. The van der Waals surface area contributed by atoms with Crippen LogP contribution >= 0.6 is 11.6 Å². The maximum absolute atomic E-state index is 15.8. The molecule has 400 valence electrons. The first-order valence-corrected chi connectivity index (χ1v) is 26.5. The molecule has 2 aromatic carbocycles. The number of nitrogens with zero attached hydrogens (tertiary/aromatic N) is 8. The summed E-state index contributed by atoms with van der Waals surface area (Å²) in [7, 11) is 0. The molecule has 5 heterocycles. The zero-order chi connectivity index (χ0) is 53.4. The molecule has 21 heteroatoms. The first kappa shape index (κ1) is 54.5. The van der Waals surface area contributed by atoms with E-state index < -0.39 is 53.8 Å². The highest BCUT2D eigenvalue weighted by molar-refractivity contribution is 6.31. The summed E-state index contributed by atoms with van der Waals surface area (Å²) in [6.45, 7) is 9.49. The van der Waals surface area contributed by atoms with Crippen molar-refractivity contribution in [3.63, 3.8) is 0 Å². The van der Waals surface area contributed by atoms with E-state index in [1.165, 1.54) is 6.07 Å². The fourth-order valence-corrected chi connectivity index (χ4v) is 10.6. The SMILES string of the molecule is CC(C)(C)OC(=O)CCCCCCC(=O)OCN1C(=O)CCC(N2C(=O)c3cc(F)c(N4CCN(CC5CCN(c6ccc(C(=O)NC7CCC(Oc8ccc(C#N)c(Cl)c8)CC7)nn6)CC5)CC4)cc3C2=O)C1=O. The normalized spacial score (nSPS) is 20.7. The number of hydrogen-bond acceptors (Lipinski definition) is 16. The smallest absolute Gasteiger partial charge is 0.307 e. The fraction of sp³-hybridized carbons (Fsp3) is 0.556. The van der Waals surface area contributed by atoms with Gasteiger partial charge in [-0.25, -0.2) is 9.29 Å². The van der Waals surface area contributed by atoms with Gasteiger partial charge in [0.05, 0.1) is 33.5 Å². The van der Waals surface area contributed by atoms with Gasteiger partial charge in [0, 0.05) is 77.2 Å². The number of fused-ring (bicyclic) bond motifs is 1. The van der Waals surface area contributed by atoms with E-state index >= 15 is 4.39 Å². The zero-order valence-electron chi connectivity index (χ0n) is 42.8. The Kier molecular flexibility index (Phi) is 17.7. The minimum atomic E-state index is -1.33. The summed E-state index contributed by atoms with van der Waals surface area (Å²) in [6, 6.07) is 11.7. The third-order valence-electron chi connectivity index (χ3n) is 14.5. The lowest BCUT2D eigenvalue weighted by molar-refractivity contribution is -0.164. The number of unbranched alkanes of at least 4 members (excludes halogenated alkanes) is 3. The summed E-state index contributed by atoms with van der Waals surface area (Å²) >= 11 is 6.16. The maximum atomic E-state index is 15.8. The van der Waals surface area contributed by atoms with Gasteiger partial charge in [-0.1, -0.05) is 24.4 Å². The molecule has 1 unspecified atom stereocenters. The number of imide groups is 2.